The van der Waals surface area contributed by atoms with Gasteiger partial charge in [-0.05, 0) is 51.8 Å². The highest BCUT2D eigenvalue weighted by Crippen LogP contribution is 2.17. The second-order valence-electron chi connectivity index (χ2n) is 6.55. The lowest BCUT2D eigenvalue weighted by molar-refractivity contribution is -0.116. The monoisotopic (exact) mass is 490 g/mol. The molecule has 1 amide bonds. The Bertz CT molecular complexity index is 1170. The van der Waals surface area contributed by atoms with Gasteiger partial charge >= 0.3 is 0 Å². The van der Waals surface area contributed by atoms with E-state index in [4.69, 9.17) is 0 Å². The predicted molar refractivity (Wildman–Crippen MR) is 120 cm³/mol. The molecule has 0 spiro atoms. The van der Waals surface area contributed by atoms with Crippen molar-refractivity contribution in [1.29, 1.82) is 0 Å². The number of carbonyl (C=O) groups excluding carboxylic acids is 1. The van der Waals surface area contributed by atoms with E-state index < -0.39 is 10.0 Å². The van der Waals surface area contributed by atoms with E-state index in [2.05, 4.69) is 26.2 Å². The number of hydrogen-bond acceptors (Lipinski definition) is 4. The molecule has 9 heteroatoms. The number of hydrogen-bond donors (Lipinski definition) is 1. The number of fused-ring (bicyclic) bond motifs is 1. The van der Waals surface area contributed by atoms with Crippen LogP contribution in [0.15, 0.2) is 64.2 Å². The molecule has 2 aromatic heterocycles. The fourth-order valence-corrected chi connectivity index (χ4v) is 4.79. The molecule has 0 unspecified atom stereocenters. The number of aromatic nitrogens is 2. The quantitative estimate of drug-likeness (QED) is 0.490. The van der Waals surface area contributed by atoms with Gasteiger partial charge in [-0.2, -0.15) is 4.31 Å². The fourth-order valence-electron chi connectivity index (χ4n) is 2.97. The summed E-state index contributed by atoms with van der Waals surface area (Å²) >= 11 is 3.41. The molecule has 0 saturated heterocycles. The summed E-state index contributed by atoms with van der Waals surface area (Å²) in [4.78, 5) is 16.8. The molecule has 0 aliphatic carbocycles. The van der Waals surface area contributed by atoms with Gasteiger partial charge in [-0.25, -0.2) is 13.4 Å². The van der Waals surface area contributed by atoms with Crippen LogP contribution in [-0.4, -0.2) is 41.1 Å². The molecule has 3 rings (SSSR count). The van der Waals surface area contributed by atoms with Crippen LogP contribution in [0, 0.1) is 0 Å². The molecular weight excluding hydrogens is 468 g/mol. The molecule has 0 aliphatic rings. The second kappa shape index (κ2) is 9.55. The summed E-state index contributed by atoms with van der Waals surface area (Å²) < 4.78 is 29.3. The highest BCUT2D eigenvalue weighted by atomic mass is 79.9. The third kappa shape index (κ3) is 5.16. The van der Waals surface area contributed by atoms with Crippen molar-refractivity contribution in [2.75, 3.05) is 13.1 Å². The van der Waals surface area contributed by atoms with Gasteiger partial charge in [-0.15, -0.1) is 0 Å². The first-order chi connectivity index (χ1) is 14.3. The number of carbonyl (C=O) groups is 1. The maximum absolute atomic E-state index is 12.5. The molecule has 0 fully saturated rings. The highest BCUT2D eigenvalue weighted by molar-refractivity contribution is 9.10. The van der Waals surface area contributed by atoms with Gasteiger partial charge < -0.3 is 9.72 Å². The molecule has 0 bridgehead atoms. The van der Waals surface area contributed by atoms with Gasteiger partial charge in [0.15, 0.2) is 0 Å². The average molecular weight is 491 g/mol. The van der Waals surface area contributed by atoms with E-state index in [-0.39, 0.29) is 10.8 Å². The number of rotatable bonds is 8. The largest absolute Gasteiger partial charge is 0.347 e. The van der Waals surface area contributed by atoms with Gasteiger partial charge in [0.1, 0.15) is 5.65 Å². The molecular formula is C21H23BrN4O3S. The van der Waals surface area contributed by atoms with Crippen LogP contribution in [0.25, 0.3) is 11.7 Å². The normalized spacial score (nSPS) is 12.1. The molecule has 1 N–H and O–H groups in total. The van der Waals surface area contributed by atoms with Gasteiger partial charge in [0.2, 0.25) is 15.9 Å². The Kier molecular flexibility index (Phi) is 7.06. The lowest BCUT2D eigenvalue weighted by atomic mass is 10.2. The number of sulfonamides is 1. The molecule has 1 aromatic carbocycles. The van der Waals surface area contributed by atoms with Crippen molar-refractivity contribution in [2.24, 2.45) is 0 Å². The van der Waals surface area contributed by atoms with Gasteiger partial charge in [0.25, 0.3) is 0 Å². The first kappa shape index (κ1) is 22.2. The SMILES string of the molecule is CCN(CC)S(=O)(=O)c1ccc(C=CC(=O)NCc2cn3cc(Br)ccc3n2)cc1. The number of nitrogens with zero attached hydrogens (tertiary/aromatic N) is 3. The Morgan fingerprint density at radius 2 is 1.83 bits per heavy atom. The minimum atomic E-state index is -3.48. The number of halogens is 1. The molecule has 30 heavy (non-hydrogen) atoms. The number of pyridine rings is 1. The van der Waals surface area contributed by atoms with E-state index in [0.717, 1.165) is 21.4 Å². The zero-order valence-corrected chi connectivity index (χ0v) is 19.1. The maximum Gasteiger partial charge on any atom is 0.244 e. The third-order valence-electron chi connectivity index (χ3n) is 4.56. The van der Waals surface area contributed by atoms with Crippen molar-refractivity contribution in [1.82, 2.24) is 19.0 Å². The number of benzene rings is 1. The van der Waals surface area contributed by atoms with Crippen LogP contribution in [0.4, 0.5) is 0 Å². The second-order valence-corrected chi connectivity index (χ2v) is 9.41. The zero-order chi connectivity index (χ0) is 21.7. The Hall–Kier alpha value is -2.49. The molecule has 0 aliphatic heterocycles. The lowest BCUT2D eigenvalue weighted by Gasteiger charge is -2.18. The van der Waals surface area contributed by atoms with E-state index in [1.807, 2.05) is 42.8 Å². The minimum absolute atomic E-state index is 0.242. The van der Waals surface area contributed by atoms with Crippen LogP contribution in [0.3, 0.4) is 0 Å². The fraction of sp³-hybridized carbons (Fsp3) is 0.238. The van der Waals surface area contributed by atoms with Gasteiger partial charge in [-0.3, -0.25) is 4.79 Å². The van der Waals surface area contributed by atoms with Gasteiger partial charge in [0.05, 0.1) is 17.1 Å². The summed E-state index contributed by atoms with van der Waals surface area (Å²) in [6, 6.07) is 10.3. The Balaban J connectivity index is 1.60. The predicted octanol–water partition coefficient (Wildman–Crippen LogP) is 3.46. The molecule has 0 saturated carbocycles. The smallest absolute Gasteiger partial charge is 0.244 e. The topological polar surface area (TPSA) is 83.8 Å². The summed E-state index contributed by atoms with van der Waals surface area (Å²) in [6.45, 7) is 4.77. The Morgan fingerprint density at radius 3 is 2.50 bits per heavy atom. The summed E-state index contributed by atoms with van der Waals surface area (Å²) in [5.74, 6) is -0.256. The summed E-state index contributed by atoms with van der Waals surface area (Å²) in [6.07, 6.45) is 6.82. The highest BCUT2D eigenvalue weighted by Gasteiger charge is 2.20. The van der Waals surface area contributed by atoms with Crippen LogP contribution in [0.5, 0.6) is 0 Å². The number of nitrogens with one attached hydrogen (secondary N) is 1. The van der Waals surface area contributed by atoms with E-state index in [9.17, 15) is 13.2 Å². The molecule has 158 valence electrons. The average Bonchev–Trinajstić information content (AvgIpc) is 3.13. The number of imidazole rings is 1. The van der Waals surface area contributed by atoms with Crippen LogP contribution in [-0.2, 0) is 21.4 Å². The molecule has 7 nitrogen and oxygen atoms in total. The van der Waals surface area contributed by atoms with Gasteiger partial charge in [0, 0.05) is 36.0 Å². The molecule has 0 radical (unpaired) electrons. The molecule has 0 atom stereocenters. The van der Waals surface area contributed by atoms with Crippen molar-refractivity contribution in [3.63, 3.8) is 0 Å². The van der Waals surface area contributed by atoms with E-state index >= 15 is 0 Å². The van der Waals surface area contributed by atoms with Crippen LogP contribution < -0.4 is 5.32 Å². The summed E-state index contributed by atoms with van der Waals surface area (Å²) in [7, 11) is -3.48. The van der Waals surface area contributed by atoms with Crippen LogP contribution in [0.1, 0.15) is 25.1 Å². The third-order valence-corrected chi connectivity index (χ3v) is 7.09. The number of amides is 1. The minimum Gasteiger partial charge on any atom is -0.347 e. The van der Waals surface area contributed by atoms with Crippen LogP contribution >= 0.6 is 15.9 Å². The molecule has 2 heterocycles. The Morgan fingerprint density at radius 1 is 1.13 bits per heavy atom. The van der Waals surface area contributed by atoms with Crippen molar-refractivity contribution >= 4 is 43.6 Å². The molecule has 3 aromatic rings. The zero-order valence-electron chi connectivity index (χ0n) is 16.7. The van der Waals surface area contributed by atoms with E-state index in [1.165, 1.54) is 10.4 Å². The maximum atomic E-state index is 12.5. The van der Waals surface area contributed by atoms with Crippen molar-refractivity contribution in [3.8, 4) is 0 Å². The lowest BCUT2D eigenvalue weighted by Crippen LogP contribution is -2.30. The van der Waals surface area contributed by atoms with E-state index in [1.54, 1.807) is 30.3 Å². The first-order valence-electron chi connectivity index (χ1n) is 9.52. The van der Waals surface area contributed by atoms with Crippen LogP contribution in [0.2, 0.25) is 0 Å². The van der Waals surface area contributed by atoms with Crippen molar-refractivity contribution < 1.29 is 13.2 Å². The van der Waals surface area contributed by atoms with Crippen molar-refractivity contribution in [3.05, 3.63) is 70.6 Å². The van der Waals surface area contributed by atoms with Crippen molar-refractivity contribution in [2.45, 2.75) is 25.3 Å². The Labute approximate surface area is 184 Å². The standard InChI is InChI=1S/C21H23BrN4O3S/c1-3-26(4-2)30(28,29)19-9-5-16(6-10-19)7-12-21(27)23-13-18-15-25-14-17(22)8-11-20(25)24-18/h5-12,14-15H,3-4,13H2,1-2H3,(H,23,27). The first-order valence-corrected chi connectivity index (χ1v) is 11.8. The summed E-state index contributed by atoms with van der Waals surface area (Å²) in [5, 5.41) is 2.79. The van der Waals surface area contributed by atoms with E-state index in [0.29, 0.717) is 19.6 Å². The van der Waals surface area contributed by atoms with Gasteiger partial charge in [-0.1, -0.05) is 26.0 Å². The summed E-state index contributed by atoms with van der Waals surface area (Å²) in [5.41, 5.74) is 2.29.